The molecule has 0 unspecified atom stereocenters. The summed E-state index contributed by atoms with van der Waals surface area (Å²) in [6.07, 6.45) is 1.91. The molecule has 2 heteroatoms. The van der Waals surface area contributed by atoms with Crippen LogP contribution in [0, 0.1) is 11.3 Å². The van der Waals surface area contributed by atoms with Crippen LogP contribution in [0.15, 0.2) is 42.0 Å². The number of benzene rings is 2. The Morgan fingerprint density at radius 1 is 1.04 bits per heavy atom. The van der Waals surface area contributed by atoms with Crippen molar-refractivity contribution in [3.8, 4) is 11.8 Å². The maximum Gasteiger partial charge on any atom is 0.119 e. The molecule has 114 valence electrons. The Bertz CT molecular complexity index is 897. The lowest BCUT2D eigenvalue weighted by Crippen LogP contribution is -2.26. The van der Waals surface area contributed by atoms with Gasteiger partial charge in [-0.1, -0.05) is 31.6 Å². The van der Waals surface area contributed by atoms with E-state index in [4.69, 9.17) is 10.00 Å². The summed E-state index contributed by atoms with van der Waals surface area (Å²) in [6, 6.07) is 14.8. The van der Waals surface area contributed by atoms with Crippen LogP contribution in [-0.4, -0.2) is 7.11 Å². The highest BCUT2D eigenvalue weighted by Crippen LogP contribution is 2.50. The van der Waals surface area contributed by atoms with Crippen LogP contribution in [0.5, 0.6) is 5.75 Å². The summed E-state index contributed by atoms with van der Waals surface area (Å²) in [7, 11) is 1.72. The highest BCUT2D eigenvalue weighted by atomic mass is 16.5. The number of allylic oxidation sites excluding steroid dienone is 2. The third-order valence-electron chi connectivity index (χ3n) is 5.40. The summed E-state index contributed by atoms with van der Waals surface area (Å²) in [5, 5.41) is 9.15. The van der Waals surface area contributed by atoms with Crippen molar-refractivity contribution in [2.75, 3.05) is 7.11 Å². The molecule has 0 spiro atoms. The van der Waals surface area contributed by atoms with Gasteiger partial charge in [-0.25, -0.2) is 0 Å². The van der Waals surface area contributed by atoms with Crippen LogP contribution >= 0.6 is 0 Å². The standard InChI is InChI=1S/C21H19NO/c1-21(2)19-7-5-16(23-3)9-15(19)10-18-17-6-4-13(12-22)8-14(17)11-20(18)21/h4-9H,10-11H2,1-3H3. The van der Waals surface area contributed by atoms with E-state index in [0.717, 1.165) is 24.2 Å². The Hall–Kier alpha value is -2.53. The van der Waals surface area contributed by atoms with Gasteiger partial charge in [0.1, 0.15) is 5.75 Å². The molecule has 0 aromatic heterocycles. The topological polar surface area (TPSA) is 33.0 Å². The van der Waals surface area contributed by atoms with Crippen LogP contribution in [0.4, 0.5) is 0 Å². The lowest BCUT2D eigenvalue weighted by Gasteiger charge is -2.35. The minimum absolute atomic E-state index is 0.0149. The van der Waals surface area contributed by atoms with Gasteiger partial charge in [-0.15, -0.1) is 0 Å². The van der Waals surface area contributed by atoms with Gasteiger partial charge in [0.15, 0.2) is 0 Å². The smallest absolute Gasteiger partial charge is 0.119 e. The third-order valence-corrected chi connectivity index (χ3v) is 5.40. The van der Waals surface area contributed by atoms with Gasteiger partial charge in [-0.05, 0) is 64.9 Å². The predicted molar refractivity (Wildman–Crippen MR) is 91.5 cm³/mol. The van der Waals surface area contributed by atoms with Crippen molar-refractivity contribution < 1.29 is 4.74 Å². The molecule has 23 heavy (non-hydrogen) atoms. The van der Waals surface area contributed by atoms with Crippen molar-refractivity contribution in [1.29, 1.82) is 5.26 Å². The van der Waals surface area contributed by atoms with Gasteiger partial charge in [0.2, 0.25) is 0 Å². The van der Waals surface area contributed by atoms with Gasteiger partial charge in [-0.3, -0.25) is 0 Å². The quantitative estimate of drug-likeness (QED) is 0.781. The normalized spacial score (nSPS) is 17.1. The van der Waals surface area contributed by atoms with E-state index in [1.54, 1.807) is 7.11 Å². The first-order valence-corrected chi connectivity index (χ1v) is 7.98. The average Bonchev–Trinajstić information content (AvgIpc) is 2.93. The average molecular weight is 301 g/mol. The molecule has 0 radical (unpaired) electrons. The molecule has 0 saturated carbocycles. The fourth-order valence-electron chi connectivity index (χ4n) is 4.17. The molecule has 0 heterocycles. The molecule has 0 atom stereocenters. The number of rotatable bonds is 1. The van der Waals surface area contributed by atoms with E-state index in [9.17, 15) is 0 Å². The molecule has 4 rings (SSSR count). The monoisotopic (exact) mass is 301 g/mol. The molecule has 2 aromatic rings. The third kappa shape index (κ3) is 1.93. The fourth-order valence-corrected chi connectivity index (χ4v) is 4.17. The minimum atomic E-state index is 0.0149. The first-order valence-electron chi connectivity index (χ1n) is 7.98. The first-order chi connectivity index (χ1) is 11.0. The van der Waals surface area contributed by atoms with Crippen LogP contribution in [0.3, 0.4) is 0 Å². The summed E-state index contributed by atoms with van der Waals surface area (Å²) in [4.78, 5) is 0. The molecule has 0 fully saturated rings. The summed E-state index contributed by atoms with van der Waals surface area (Å²) in [5.41, 5.74) is 9.07. The second-order valence-electron chi connectivity index (χ2n) is 6.94. The van der Waals surface area contributed by atoms with Crippen LogP contribution < -0.4 is 4.74 Å². The van der Waals surface area contributed by atoms with Crippen molar-refractivity contribution in [3.63, 3.8) is 0 Å². The molecule has 0 bridgehead atoms. The number of hydrogen-bond acceptors (Lipinski definition) is 2. The van der Waals surface area contributed by atoms with E-state index in [2.05, 4.69) is 50.2 Å². The molecular weight excluding hydrogens is 282 g/mol. The Morgan fingerprint density at radius 2 is 1.87 bits per heavy atom. The van der Waals surface area contributed by atoms with Crippen molar-refractivity contribution in [3.05, 3.63) is 69.8 Å². The summed E-state index contributed by atoms with van der Waals surface area (Å²) in [6.45, 7) is 4.62. The van der Waals surface area contributed by atoms with Gasteiger partial charge in [0.05, 0.1) is 18.7 Å². The van der Waals surface area contributed by atoms with E-state index in [-0.39, 0.29) is 5.41 Å². The Kier molecular flexibility index (Phi) is 2.90. The minimum Gasteiger partial charge on any atom is -0.497 e. The van der Waals surface area contributed by atoms with Crippen molar-refractivity contribution in [2.24, 2.45) is 0 Å². The molecular formula is C21H19NO. The summed E-state index contributed by atoms with van der Waals surface area (Å²) in [5.74, 6) is 0.918. The van der Waals surface area contributed by atoms with E-state index >= 15 is 0 Å². The van der Waals surface area contributed by atoms with Gasteiger partial charge in [-0.2, -0.15) is 5.26 Å². The van der Waals surface area contributed by atoms with Crippen molar-refractivity contribution in [1.82, 2.24) is 0 Å². The van der Waals surface area contributed by atoms with E-state index in [0.29, 0.717) is 0 Å². The van der Waals surface area contributed by atoms with Crippen LogP contribution in [0.1, 0.15) is 41.7 Å². The zero-order valence-electron chi connectivity index (χ0n) is 13.7. The second-order valence-corrected chi connectivity index (χ2v) is 6.94. The number of ether oxygens (including phenoxy) is 1. The van der Waals surface area contributed by atoms with Crippen LogP contribution in [0.25, 0.3) is 5.57 Å². The predicted octanol–water partition coefficient (Wildman–Crippen LogP) is 4.41. The zero-order chi connectivity index (χ0) is 16.2. The molecule has 0 amide bonds. The van der Waals surface area contributed by atoms with Crippen LogP contribution in [-0.2, 0) is 18.3 Å². The van der Waals surface area contributed by atoms with Gasteiger partial charge in [0.25, 0.3) is 0 Å². The molecule has 0 saturated heterocycles. The highest BCUT2D eigenvalue weighted by molar-refractivity contribution is 5.83. The van der Waals surface area contributed by atoms with E-state index in [1.165, 1.54) is 33.4 Å². The largest absolute Gasteiger partial charge is 0.497 e. The molecule has 2 aliphatic carbocycles. The summed E-state index contributed by atoms with van der Waals surface area (Å²) < 4.78 is 5.41. The Labute approximate surface area is 137 Å². The fraction of sp³-hybridized carbons (Fsp3) is 0.286. The SMILES string of the molecule is COc1ccc2c(c1)CC1=C(Cc3cc(C#N)ccc31)C2(C)C. The number of nitrogens with zero attached hydrogens (tertiary/aromatic N) is 1. The van der Waals surface area contributed by atoms with Crippen LogP contribution in [0.2, 0.25) is 0 Å². The van der Waals surface area contributed by atoms with Crippen molar-refractivity contribution >= 4 is 5.57 Å². The van der Waals surface area contributed by atoms with E-state index < -0.39 is 0 Å². The lowest BCUT2D eigenvalue weighted by molar-refractivity contribution is 0.413. The van der Waals surface area contributed by atoms with Gasteiger partial charge < -0.3 is 4.74 Å². The van der Waals surface area contributed by atoms with E-state index in [1.807, 2.05) is 6.07 Å². The molecule has 0 aliphatic heterocycles. The maximum atomic E-state index is 9.15. The van der Waals surface area contributed by atoms with Crippen molar-refractivity contribution in [2.45, 2.75) is 32.1 Å². The number of hydrogen-bond donors (Lipinski definition) is 0. The summed E-state index contributed by atoms with van der Waals surface area (Å²) >= 11 is 0. The lowest BCUT2D eigenvalue weighted by atomic mass is 9.69. The number of methoxy groups -OCH3 is 1. The number of fused-ring (bicyclic) bond motifs is 3. The second kappa shape index (κ2) is 4.73. The molecule has 2 aliphatic rings. The Balaban J connectivity index is 1.87. The van der Waals surface area contributed by atoms with Gasteiger partial charge in [0, 0.05) is 5.41 Å². The Morgan fingerprint density at radius 3 is 2.61 bits per heavy atom. The molecule has 2 nitrogen and oxygen atoms in total. The van der Waals surface area contributed by atoms with Gasteiger partial charge >= 0.3 is 0 Å². The molecule has 0 N–H and O–H groups in total. The zero-order valence-corrected chi connectivity index (χ0v) is 13.7. The maximum absolute atomic E-state index is 9.15. The molecule has 2 aromatic carbocycles. The first kappa shape index (κ1) is 14.1. The highest BCUT2D eigenvalue weighted by Gasteiger charge is 2.38. The number of nitriles is 1.